The summed E-state index contributed by atoms with van der Waals surface area (Å²) < 4.78 is 1.13. The molecule has 1 aromatic carbocycles. The van der Waals surface area contributed by atoms with E-state index in [-0.39, 0.29) is 6.54 Å². The first-order valence-electron chi connectivity index (χ1n) is 6.50. The summed E-state index contributed by atoms with van der Waals surface area (Å²) in [5.74, 6) is -0.743. The molecule has 2 rings (SSSR count). The Hall–Kier alpha value is -0.910. The Kier molecular flexibility index (Phi) is 4.96. The monoisotopic (exact) mass is 326 g/mol. The summed E-state index contributed by atoms with van der Waals surface area (Å²) in [7, 11) is 0. The van der Waals surface area contributed by atoms with Gasteiger partial charge in [0.1, 0.15) is 0 Å². The molecule has 1 N–H and O–H groups in total. The third-order valence-corrected chi connectivity index (χ3v) is 4.39. The van der Waals surface area contributed by atoms with Crippen molar-refractivity contribution in [2.75, 3.05) is 32.7 Å². The van der Waals surface area contributed by atoms with Crippen LogP contribution in [0.4, 0.5) is 0 Å². The Labute approximate surface area is 122 Å². The Morgan fingerprint density at radius 3 is 2.53 bits per heavy atom. The number of piperazine rings is 1. The molecule has 1 fully saturated rings. The van der Waals surface area contributed by atoms with Crippen molar-refractivity contribution >= 4 is 21.9 Å². The van der Waals surface area contributed by atoms with Gasteiger partial charge in [-0.15, -0.1) is 0 Å². The van der Waals surface area contributed by atoms with Crippen molar-refractivity contribution in [3.8, 4) is 0 Å². The average Bonchev–Trinajstić information content (AvgIpc) is 2.39. The predicted molar refractivity (Wildman–Crippen MR) is 78.2 cm³/mol. The molecule has 1 aliphatic rings. The first-order valence-corrected chi connectivity index (χ1v) is 7.30. The van der Waals surface area contributed by atoms with Crippen LogP contribution in [0.25, 0.3) is 0 Å². The molecule has 0 aromatic heterocycles. The van der Waals surface area contributed by atoms with Gasteiger partial charge in [0.05, 0.1) is 6.54 Å². The summed E-state index contributed by atoms with van der Waals surface area (Å²) in [6, 6.07) is 8.62. The smallest absolute Gasteiger partial charge is 0.317 e. The molecule has 4 nitrogen and oxygen atoms in total. The highest BCUT2D eigenvalue weighted by molar-refractivity contribution is 9.10. The van der Waals surface area contributed by atoms with Gasteiger partial charge in [-0.25, -0.2) is 0 Å². The summed E-state index contributed by atoms with van der Waals surface area (Å²) in [6.45, 7) is 5.82. The highest BCUT2D eigenvalue weighted by atomic mass is 79.9. The van der Waals surface area contributed by atoms with E-state index in [4.69, 9.17) is 5.11 Å². The normalized spacial score (nSPS) is 19.3. The van der Waals surface area contributed by atoms with Crippen molar-refractivity contribution in [2.24, 2.45) is 0 Å². The zero-order valence-electron chi connectivity index (χ0n) is 11.1. The van der Waals surface area contributed by atoms with Crippen molar-refractivity contribution in [3.05, 3.63) is 34.3 Å². The van der Waals surface area contributed by atoms with Crippen LogP contribution in [0.15, 0.2) is 28.7 Å². The van der Waals surface area contributed by atoms with Crippen molar-refractivity contribution < 1.29 is 9.90 Å². The van der Waals surface area contributed by atoms with Crippen LogP contribution < -0.4 is 0 Å². The summed E-state index contributed by atoms with van der Waals surface area (Å²) in [4.78, 5) is 15.1. The number of hydrogen-bond donors (Lipinski definition) is 1. The van der Waals surface area contributed by atoms with Gasteiger partial charge in [-0.2, -0.15) is 0 Å². The fourth-order valence-corrected chi connectivity index (χ4v) is 3.13. The molecule has 5 heteroatoms. The average molecular weight is 327 g/mol. The van der Waals surface area contributed by atoms with Gasteiger partial charge in [-0.1, -0.05) is 34.1 Å². The molecule has 1 aliphatic heterocycles. The van der Waals surface area contributed by atoms with Gasteiger partial charge < -0.3 is 5.11 Å². The standard InChI is InChI=1S/C14H19BrN2O2/c1-11(12-4-2-3-5-13(12)15)17-8-6-16(7-9-17)10-14(18)19/h2-5,11H,6-10H2,1H3,(H,18,19). The fraction of sp³-hybridized carbons (Fsp3) is 0.500. The number of carbonyl (C=O) groups is 1. The molecule has 1 unspecified atom stereocenters. The van der Waals surface area contributed by atoms with Crippen molar-refractivity contribution in [1.29, 1.82) is 0 Å². The van der Waals surface area contributed by atoms with Gasteiger partial charge in [0, 0.05) is 36.7 Å². The zero-order valence-corrected chi connectivity index (χ0v) is 12.6. The summed E-state index contributed by atoms with van der Waals surface area (Å²) in [5.41, 5.74) is 1.29. The zero-order chi connectivity index (χ0) is 13.8. The van der Waals surface area contributed by atoms with E-state index in [1.807, 2.05) is 11.0 Å². The van der Waals surface area contributed by atoms with E-state index >= 15 is 0 Å². The number of halogens is 1. The van der Waals surface area contributed by atoms with Crippen molar-refractivity contribution in [3.63, 3.8) is 0 Å². The van der Waals surface area contributed by atoms with E-state index < -0.39 is 5.97 Å². The van der Waals surface area contributed by atoms with Crippen LogP contribution in [0.5, 0.6) is 0 Å². The second-order valence-corrected chi connectivity index (χ2v) is 5.76. The van der Waals surface area contributed by atoms with E-state index in [0.29, 0.717) is 6.04 Å². The van der Waals surface area contributed by atoms with Crippen molar-refractivity contribution in [1.82, 2.24) is 9.80 Å². The van der Waals surface area contributed by atoms with Gasteiger partial charge in [0.25, 0.3) is 0 Å². The van der Waals surface area contributed by atoms with E-state index in [9.17, 15) is 4.79 Å². The maximum atomic E-state index is 10.7. The molecular formula is C14H19BrN2O2. The minimum Gasteiger partial charge on any atom is -0.480 e. The minimum atomic E-state index is -0.743. The van der Waals surface area contributed by atoms with Gasteiger partial charge in [-0.3, -0.25) is 14.6 Å². The number of hydrogen-bond acceptors (Lipinski definition) is 3. The molecule has 1 aromatic rings. The molecule has 0 saturated carbocycles. The van der Waals surface area contributed by atoms with E-state index in [1.165, 1.54) is 5.56 Å². The molecule has 0 bridgehead atoms. The number of carboxylic acid groups (broad SMARTS) is 1. The Morgan fingerprint density at radius 1 is 1.32 bits per heavy atom. The summed E-state index contributed by atoms with van der Waals surface area (Å²) in [6.07, 6.45) is 0. The van der Waals surface area contributed by atoms with Gasteiger partial charge in [-0.05, 0) is 18.6 Å². The third kappa shape index (κ3) is 3.78. The molecule has 0 spiro atoms. The maximum absolute atomic E-state index is 10.7. The lowest BCUT2D eigenvalue weighted by molar-refractivity contribution is -0.138. The SMILES string of the molecule is CC(c1ccccc1Br)N1CCN(CC(=O)O)CC1. The summed E-state index contributed by atoms with van der Waals surface area (Å²) >= 11 is 3.59. The second-order valence-electron chi connectivity index (χ2n) is 4.90. The lowest BCUT2D eigenvalue weighted by Crippen LogP contribution is -2.48. The molecule has 1 heterocycles. The summed E-state index contributed by atoms with van der Waals surface area (Å²) in [5, 5.41) is 8.79. The number of nitrogens with zero attached hydrogens (tertiary/aromatic N) is 2. The highest BCUT2D eigenvalue weighted by Gasteiger charge is 2.23. The predicted octanol–water partition coefficient (Wildman–Crippen LogP) is 2.21. The molecular weight excluding hydrogens is 308 g/mol. The first kappa shape index (κ1) is 14.5. The lowest BCUT2D eigenvalue weighted by atomic mass is 10.1. The Balaban J connectivity index is 1.94. The molecule has 0 aliphatic carbocycles. The third-order valence-electron chi connectivity index (χ3n) is 3.67. The Bertz CT molecular complexity index is 445. The van der Waals surface area contributed by atoms with Crippen LogP contribution >= 0.6 is 15.9 Å². The van der Waals surface area contributed by atoms with Crippen LogP contribution in [-0.2, 0) is 4.79 Å². The van der Waals surface area contributed by atoms with Gasteiger partial charge in [0.15, 0.2) is 0 Å². The molecule has 19 heavy (non-hydrogen) atoms. The number of rotatable bonds is 4. The topological polar surface area (TPSA) is 43.8 Å². The Morgan fingerprint density at radius 2 is 1.95 bits per heavy atom. The maximum Gasteiger partial charge on any atom is 0.317 e. The van der Waals surface area contributed by atoms with E-state index in [0.717, 1.165) is 30.7 Å². The van der Waals surface area contributed by atoms with Crippen LogP contribution in [-0.4, -0.2) is 53.6 Å². The van der Waals surface area contributed by atoms with Crippen LogP contribution in [0.2, 0.25) is 0 Å². The van der Waals surface area contributed by atoms with Gasteiger partial charge >= 0.3 is 5.97 Å². The second kappa shape index (κ2) is 6.50. The largest absolute Gasteiger partial charge is 0.480 e. The fourth-order valence-electron chi connectivity index (χ4n) is 2.51. The molecule has 1 atom stereocenters. The van der Waals surface area contributed by atoms with Crippen LogP contribution in [0, 0.1) is 0 Å². The van der Waals surface area contributed by atoms with E-state index in [2.05, 4.69) is 46.0 Å². The van der Waals surface area contributed by atoms with Crippen LogP contribution in [0.1, 0.15) is 18.5 Å². The van der Waals surface area contributed by atoms with Crippen molar-refractivity contribution in [2.45, 2.75) is 13.0 Å². The number of aliphatic carboxylic acids is 1. The molecule has 0 radical (unpaired) electrons. The van der Waals surface area contributed by atoms with E-state index in [1.54, 1.807) is 0 Å². The quantitative estimate of drug-likeness (QED) is 0.921. The number of carboxylic acids is 1. The molecule has 104 valence electrons. The highest BCUT2D eigenvalue weighted by Crippen LogP contribution is 2.27. The number of benzene rings is 1. The molecule has 0 amide bonds. The van der Waals surface area contributed by atoms with Crippen LogP contribution in [0.3, 0.4) is 0 Å². The van der Waals surface area contributed by atoms with Gasteiger partial charge in [0.2, 0.25) is 0 Å². The first-order chi connectivity index (χ1) is 9.08. The minimum absolute atomic E-state index is 0.150. The molecule has 1 saturated heterocycles. The lowest BCUT2D eigenvalue weighted by Gasteiger charge is -2.37.